The molecule has 2 amide bonds. The number of benzene rings is 1. The van der Waals surface area contributed by atoms with Crippen LogP contribution in [0, 0.1) is 5.92 Å². The fraction of sp³-hybridized carbons (Fsp3) is 0.550. The minimum absolute atomic E-state index is 0.0445. The lowest BCUT2D eigenvalue weighted by molar-refractivity contribution is -0.175. The maximum Gasteiger partial charge on any atom is 0.331 e. The Hall–Kier alpha value is -2.06. The molecule has 1 aliphatic carbocycles. The molecule has 3 atom stereocenters. The van der Waals surface area contributed by atoms with Crippen molar-refractivity contribution in [1.82, 2.24) is 4.90 Å². The normalized spacial score (nSPS) is 25.3. The summed E-state index contributed by atoms with van der Waals surface area (Å²) in [5.74, 6) is -0.832. The van der Waals surface area contributed by atoms with Crippen molar-refractivity contribution in [3.63, 3.8) is 0 Å². The average molecular weight is 406 g/mol. The number of thioether (sulfide) groups is 1. The summed E-state index contributed by atoms with van der Waals surface area (Å²) in [7, 11) is 0. The molecule has 0 spiro atoms. The molecule has 8 heteroatoms. The van der Waals surface area contributed by atoms with Crippen LogP contribution in [0.3, 0.4) is 0 Å². The summed E-state index contributed by atoms with van der Waals surface area (Å²) in [6, 6.07) is 5.94. The molecule has 1 aliphatic heterocycles. The predicted octanol–water partition coefficient (Wildman–Crippen LogP) is 1.13. The van der Waals surface area contributed by atoms with Crippen molar-refractivity contribution < 1.29 is 19.1 Å². The Morgan fingerprint density at radius 3 is 2.68 bits per heavy atom. The van der Waals surface area contributed by atoms with Crippen molar-refractivity contribution in [1.29, 1.82) is 0 Å². The number of fused-ring (bicyclic) bond motifs is 1. The largest absolute Gasteiger partial charge is 0.442 e. The van der Waals surface area contributed by atoms with Crippen LogP contribution in [0.1, 0.15) is 37.8 Å². The first-order valence-electron chi connectivity index (χ1n) is 9.53. The van der Waals surface area contributed by atoms with Crippen LogP contribution in [0.4, 0.5) is 0 Å². The molecule has 0 saturated carbocycles. The fourth-order valence-corrected chi connectivity index (χ4v) is 4.93. The van der Waals surface area contributed by atoms with Gasteiger partial charge in [-0.05, 0) is 24.3 Å². The zero-order chi connectivity index (χ0) is 20.5. The van der Waals surface area contributed by atoms with Crippen molar-refractivity contribution in [2.45, 2.75) is 50.8 Å². The number of hydrogen-bond acceptors (Lipinski definition) is 6. The molecular weight excluding hydrogens is 378 g/mol. The van der Waals surface area contributed by atoms with Crippen LogP contribution < -0.4 is 11.5 Å². The van der Waals surface area contributed by atoms with Gasteiger partial charge in [-0.3, -0.25) is 9.59 Å². The Morgan fingerprint density at radius 2 is 2.00 bits per heavy atom. The number of nitrogens with zero attached hydrogens (tertiary/aromatic N) is 1. The maximum absolute atomic E-state index is 13.1. The van der Waals surface area contributed by atoms with E-state index in [4.69, 9.17) is 16.2 Å². The number of rotatable bonds is 5. The molecule has 28 heavy (non-hydrogen) atoms. The number of nitrogens with two attached hydrogens (primary N) is 2. The van der Waals surface area contributed by atoms with E-state index in [-0.39, 0.29) is 11.8 Å². The molecule has 1 aromatic rings. The first kappa shape index (κ1) is 20.7. The van der Waals surface area contributed by atoms with E-state index in [0.29, 0.717) is 30.0 Å². The summed E-state index contributed by atoms with van der Waals surface area (Å²) < 4.78 is 5.81. The van der Waals surface area contributed by atoms with E-state index in [1.54, 1.807) is 12.1 Å². The molecule has 1 aromatic carbocycles. The second-order valence-electron chi connectivity index (χ2n) is 7.72. The second kappa shape index (κ2) is 8.13. The van der Waals surface area contributed by atoms with Crippen molar-refractivity contribution >= 4 is 29.5 Å². The highest BCUT2D eigenvalue weighted by molar-refractivity contribution is 7.99. The Morgan fingerprint density at radius 1 is 1.29 bits per heavy atom. The number of carbonyl (C=O) groups excluding carboxylic acids is 3. The molecule has 4 N–H and O–H groups in total. The molecule has 0 aromatic heterocycles. The summed E-state index contributed by atoms with van der Waals surface area (Å²) >= 11 is 1.46. The van der Waals surface area contributed by atoms with Crippen LogP contribution in [0.2, 0.25) is 0 Å². The van der Waals surface area contributed by atoms with Crippen LogP contribution in [-0.2, 0) is 31.1 Å². The van der Waals surface area contributed by atoms with Crippen LogP contribution in [0.5, 0.6) is 0 Å². The molecule has 3 unspecified atom stereocenters. The number of aryl methyl sites for hydroxylation is 1. The molecular formula is C20H27N3O4S. The summed E-state index contributed by atoms with van der Waals surface area (Å²) in [6.45, 7) is 3.72. The molecule has 0 radical (unpaired) electrons. The summed E-state index contributed by atoms with van der Waals surface area (Å²) in [5, 5.41) is 0. The summed E-state index contributed by atoms with van der Waals surface area (Å²) in [4.78, 5) is 39.7. The lowest BCUT2D eigenvalue weighted by Gasteiger charge is -2.37. The first-order chi connectivity index (χ1) is 13.3. The Bertz CT molecular complexity index is 784. The Labute approximate surface area is 169 Å². The maximum atomic E-state index is 13.1. The van der Waals surface area contributed by atoms with Gasteiger partial charge in [0.1, 0.15) is 6.04 Å². The second-order valence-corrected chi connectivity index (χ2v) is 8.72. The minimum Gasteiger partial charge on any atom is -0.442 e. The van der Waals surface area contributed by atoms with Crippen molar-refractivity contribution in [2.75, 3.05) is 11.6 Å². The van der Waals surface area contributed by atoms with Crippen molar-refractivity contribution in [2.24, 2.45) is 17.4 Å². The smallest absolute Gasteiger partial charge is 0.331 e. The van der Waals surface area contributed by atoms with Gasteiger partial charge in [0.25, 0.3) is 5.91 Å². The topological polar surface area (TPSA) is 116 Å². The monoisotopic (exact) mass is 405 g/mol. The zero-order valence-electron chi connectivity index (χ0n) is 16.2. The van der Waals surface area contributed by atoms with E-state index in [1.165, 1.54) is 16.7 Å². The third kappa shape index (κ3) is 3.63. The highest BCUT2D eigenvalue weighted by Crippen LogP contribution is 2.39. The van der Waals surface area contributed by atoms with Gasteiger partial charge in [0, 0.05) is 17.7 Å². The lowest BCUT2D eigenvalue weighted by Crippen LogP contribution is -2.54. The molecule has 3 rings (SSSR count). The third-order valence-corrected chi connectivity index (χ3v) is 6.55. The first-order valence-corrected chi connectivity index (χ1v) is 10.7. The standard InChI is InChI=1S/C20H27N3O4S/c1-12(2)16(21)17(24)23-11-28-10-15(23)18(25)27-20(19(22)26)9-5-7-13-6-3-4-8-14(13)20/h3-4,6,8,12,15-16H,5,7,9-11,21H2,1-2H3,(H2,22,26). The van der Waals surface area contributed by atoms with E-state index in [0.717, 1.165) is 12.0 Å². The SMILES string of the molecule is CC(C)C(N)C(=O)N1CSCC1C(=O)OC1(C(N)=O)CCCc2ccccc21. The van der Waals surface area contributed by atoms with E-state index in [1.807, 2.05) is 26.0 Å². The molecule has 0 bridgehead atoms. The van der Waals surface area contributed by atoms with E-state index in [2.05, 4.69) is 0 Å². The molecule has 2 aliphatic rings. The summed E-state index contributed by atoms with van der Waals surface area (Å²) in [6.07, 6.45) is 1.83. The number of esters is 1. The molecule has 1 heterocycles. The van der Waals surface area contributed by atoms with Crippen LogP contribution in [0.25, 0.3) is 0 Å². The highest BCUT2D eigenvalue weighted by Gasteiger charge is 2.48. The number of primary amides is 1. The summed E-state index contributed by atoms with van der Waals surface area (Å²) in [5.41, 5.74) is 11.8. The van der Waals surface area contributed by atoms with E-state index in [9.17, 15) is 14.4 Å². The van der Waals surface area contributed by atoms with Gasteiger partial charge in [0.15, 0.2) is 0 Å². The van der Waals surface area contributed by atoms with Gasteiger partial charge >= 0.3 is 5.97 Å². The number of amides is 2. The quantitative estimate of drug-likeness (QED) is 0.710. The van der Waals surface area contributed by atoms with E-state index >= 15 is 0 Å². The highest BCUT2D eigenvalue weighted by atomic mass is 32.2. The average Bonchev–Trinajstić information content (AvgIpc) is 3.16. The van der Waals surface area contributed by atoms with Crippen LogP contribution in [-0.4, -0.2) is 46.4 Å². The Kier molecular flexibility index (Phi) is 6.00. The van der Waals surface area contributed by atoms with Gasteiger partial charge in [-0.1, -0.05) is 38.1 Å². The number of ether oxygens (including phenoxy) is 1. The number of carbonyl (C=O) groups is 3. The zero-order valence-corrected chi connectivity index (χ0v) is 17.0. The van der Waals surface area contributed by atoms with Crippen molar-refractivity contribution in [3.8, 4) is 0 Å². The third-order valence-electron chi connectivity index (χ3n) is 5.54. The van der Waals surface area contributed by atoms with Gasteiger partial charge in [-0.2, -0.15) is 0 Å². The van der Waals surface area contributed by atoms with Gasteiger partial charge in [-0.25, -0.2) is 4.79 Å². The molecule has 7 nitrogen and oxygen atoms in total. The van der Waals surface area contributed by atoms with Gasteiger partial charge in [0.05, 0.1) is 11.9 Å². The molecule has 1 saturated heterocycles. The van der Waals surface area contributed by atoms with Gasteiger partial charge < -0.3 is 21.1 Å². The van der Waals surface area contributed by atoms with Gasteiger partial charge in [0.2, 0.25) is 11.5 Å². The molecule has 1 fully saturated rings. The van der Waals surface area contributed by atoms with Crippen LogP contribution >= 0.6 is 11.8 Å². The number of hydrogen-bond donors (Lipinski definition) is 2. The lowest BCUT2D eigenvalue weighted by atomic mass is 9.78. The van der Waals surface area contributed by atoms with Crippen molar-refractivity contribution in [3.05, 3.63) is 35.4 Å². The predicted molar refractivity (Wildman–Crippen MR) is 107 cm³/mol. The fourth-order valence-electron chi connectivity index (χ4n) is 3.78. The Balaban J connectivity index is 1.86. The van der Waals surface area contributed by atoms with Gasteiger partial charge in [-0.15, -0.1) is 11.8 Å². The molecule has 152 valence electrons. The van der Waals surface area contributed by atoms with E-state index < -0.39 is 29.6 Å². The van der Waals surface area contributed by atoms with Crippen LogP contribution in [0.15, 0.2) is 24.3 Å². The minimum atomic E-state index is -1.49.